The van der Waals surface area contributed by atoms with Crippen LogP contribution in [0.1, 0.15) is 20.8 Å². The van der Waals surface area contributed by atoms with Gasteiger partial charge in [-0.05, 0) is 23.4 Å². The molecule has 0 amide bonds. The molecule has 0 saturated carbocycles. The first kappa shape index (κ1) is 8.74. The molecule has 0 aliphatic heterocycles. The molecule has 11 heavy (non-hydrogen) atoms. The van der Waals surface area contributed by atoms with Crippen LogP contribution >= 0.6 is 27.3 Å². The van der Waals surface area contributed by atoms with E-state index in [1.165, 1.54) is 11.3 Å². The second-order valence-electron chi connectivity index (χ2n) is 2.17. The number of hydrogen-bond acceptors (Lipinski definition) is 2. The van der Waals surface area contributed by atoms with Crippen molar-refractivity contribution in [3.8, 4) is 0 Å². The third-order valence-electron chi connectivity index (χ3n) is 1.43. The van der Waals surface area contributed by atoms with Crippen molar-refractivity contribution in [2.24, 2.45) is 0 Å². The molecule has 2 nitrogen and oxygen atoms in total. The molecule has 1 heterocycles. The van der Waals surface area contributed by atoms with Crippen LogP contribution in [0.5, 0.6) is 0 Å². The summed E-state index contributed by atoms with van der Waals surface area (Å²) in [7, 11) is 0. The zero-order valence-electron chi connectivity index (χ0n) is 5.93. The molecule has 0 aliphatic rings. The van der Waals surface area contributed by atoms with Gasteiger partial charge >= 0.3 is 5.97 Å². The Hall–Kier alpha value is -0.350. The molecule has 0 aromatic carbocycles. The minimum atomic E-state index is -0.836. The highest BCUT2D eigenvalue weighted by atomic mass is 79.9. The van der Waals surface area contributed by atoms with Gasteiger partial charge in [-0.15, -0.1) is 11.3 Å². The van der Waals surface area contributed by atoms with Crippen LogP contribution in [0.4, 0.5) is 0 Å². The zero-order valence-corrected chi connectivity index (χ0v) is 8.33. The molecule has 0 spiro atoms. The summed E-state index contributed by atoms with van der Waals surface area (Å²) in [4.78, 5) is 11.0. The van der Waals surface area contributed by atoms with Gasteiger partial charge in [0.05, 0.1) is 0 Å². The van der Waals surface area contributed by atoms with Crippen molar-refractivity contribution in [3.63, 3.8) is 0 Å². The highest BCUT2D eigenvalue weighted by Gasteiger charge is 2.12. The van der Waals surface area contributed by atoms with Gasteiger partial charge < -0.3 is 5.11 Å². The minimum Gasteiger partial charge on any atom is -0.477 e. The molecule has 1 rings (SSSR count). The predicted molar refractivity (Wildman–Crippen MR) is 48.6 cm³/mol. The maximum atomic E-state index is 10.6. The summed E-state index contributed by atoms with van der Waals surface area (Å²) in [6.45, 7) is 1.92. The lowest BCUT2D eigenvalue weighted by Gasteiger charge is -1.94. The van der Waals surface area contributed by atoms with Crippen LogP contribution in [0.25, 0.3) is 0 Å². The smallest absolute Gasteiger partial charge is 0.346 e. The fourth-order valence-corrected chi connectivity index (χ4v) is 2.64. The summed E-state index contributed by atoms with van der Waals surface area (Å²) in [5.74, 6) is -0.836. The topological polar surface area (TPSA) is 37.3 Å². The van der Waals surface area contributed by atoms with Crippen LogP contribution in [0.3, 0.4) is 0 Å². The first-order valence-corrected chi connectivity index (χ1v) is 5.03. The number of carboxylic acid groups (broad SMARTS) is 1. The Balaban J connectivity index is 3.15. The van der Waals surface area contributed by atoms with E-state index in [4.69, 9.17) is 5.11 Å². The van der Waals surface area contributed by atoms with Crippen LogP contribution in [0.2, 0.25) is 0 Å². The second kappa shape index (κ2) is 3.36. The van der Waals surface area contributed by atoms with Gasteiger partial charge in [0.2, 0.25) is 0 Å². The monoisotopic (exact) mass is 234 g/mol. The normalized spacial score (nSPS) is 10.0. The number of alkyl halides is 1. The molecule has 60 valence electrons. The lowest BCUT2D eigenvalue weighted by atomic mass is 10.2. The van der Waals surface area contributed by atoms with E-state index in [-0.39, 0.29) is 0 Å². The van der Waals surface area contributed by atoms with E-state index in [1.54, 1.807) is 0 Å². The largest absolute Gasteiger partial charge is 0.477 e. The third-order valence-corrected chi connectivity index (χ3v) is 3.12. The zero-order chi connectivity index (χ0) is 8.43. The number of aromatic carboxylic acids is 1. The van der Waals surface area contributed by atoms with Crippen molar-refractivity contribution in [2.75, 3.05) is 0 Å². The van der Waals surface area contributed by atoms with Gasteiger partial charge in [-0.3, -0.25) is 0 Å². The molecule has 0 unspecified atom stereocenters. The third kappa shape index (κ3) is 1.62. The number of aryl methyl sites for hydroxylation is 1. The van der Waals surface area contributed by atoms with Gasteiger partial charge in [-0.25, -0.2) is 4.79 Å². The molecule has 4 heteroatoms. The van der Waals surface area contributed by atoms with Crippen molar-refractivity contribution in [2.45, 2.75) is 12.3 Å². The molecule has 0 bridgehead atoms. The first-order chi connectivity index (χ1) is 5.16. The van der Waals surface area contributed by atoms with Crippen LogP contribution < -0.4 is 0 Å². The number of thiophene rings is 1. The quantitative estimate of drug-likeness (QED) is 0.800. The van der Waals surface area contributed by atoms with E-state index in [2.05, 4.69) is 15.9 Å². The highest BCUT2D eigenvalue weighted by molar-refractivity contribution is 9.08. The summed E-state index contributed by atoms with van der Waals surface area (Å²) < 4.78 is 0. The Morgan fingerprint density at radius 2 is 2.45 bits per heavy atom. The maximum absolute atomic E-state index is 10.6. The van der Waals surface area contributed by atoms with Gasteiger partial charge in [0, 0.05) is 5.33 Å². The summed E-state index contributed by atoms with van der Waals surface area (Å²) in [6, 6.07) is 0. The Morgan fingerprint density at radius 1 is 1.82 bits per heavy atom. The average Bonchev–Trinajstić information content (AvgIpc) is 2.30. The Kier molecular flexibility index (Phi) is 2.67. The van der Waals surface area contributed by atoms with E-state index in [0.29, 0.717) is 10.2 Å². The SMILES string of the molecule is Cc1csc(C(=O)O)c1CBr. The molecular weight excluding hydrogens is 228 g/mol. The summed E-state index contributed by atoms with van der Waals surface area (Å²) in [5.41, 5.74) is 1.94. The summed E-state index contributed by atoms with van der Waals surface area (Å²) in [6.07, 6.45) is 0. The maximum Gasteiger partial charge on any atom is 0.346 e. The van der Waals surface area contributed by atoms with Crippen LogP contribution in [0, 0.1) is 6.92 Å². The van der Waals surface area contributed by atoms with Gasteiger partial charge in [0.15, 0.2) is 0 Å². The van der Waals surface area contributed by atoms with Crippen molar-refractivity contribution >= 4 is 33.2 Å². The molecule has 0 saturated heterocycles. The number of halogens is 1. The predicted octanol–water partition coefficient (Wildman–Crippen LogP) is 2.65. The first-order valence-electron chi connectivity index (χ1n) is 3.03. The molecule has 1 N–H and O–H groups in total. The lowest BCUT2D eigenvalue weighted by molar-refractivity contribution is 0.0701. The Morgan fingerprint density at radius 3 is 2.82 bits per heavy atom. The van der Waals surface area contributed by atoms with E-state index >= 15 is 0 Å². The van der Waals surface area contributed by atoms with Gasteiger partial charge in [-0.1, -0.05) is 15.9 Å². The minimum absolute atomic E-state index is 0.444. The number of carbonyl (C=O) groups is 1. The molecule has 1 aromatic rings. The lowest BCUT2D eigenvalue weighted by Crippen LogP contribution is -1.96. The van der Waals surface area contributed by atoms with Gasteiger partial charge in [0.25, 0.3) is 0 Å². The van der Waals surface area contributed by atoms with Crippen molar-refractivity contribution in [1.82, 2.24) is 0 Å². The van der Waals surface area contributed by atoms with Crippen LogP contribution in [-0.2, 0) is 5.33 Å². The highest BCUT2D eigenvalue weighted by Crippen LogP contribution is 2.23. The molecule has 0 radical (unpaired) electrons. The van der Waals surface area contributed by atoms with Crippen molar-refractivity contribution in [3.05, 3.63) is 21.4 Å². The van der Waals surface area contributed by atoms with E-state index < -0.39 is 5.97 Å². The Bertz CT molecular complexity index is 280. The fourth-order valence-electron chi connectivity index (χ4n) is 0.814. The fraction of sp³-hybridized carbons (Fsp3) is 0.286. The number of hydrogen-bond donors (Lipinski definition) is 1. The molecule has 0 aliphatic carbocycles. The van der Waals surface area contributed by atoms with Gasteiger partial charge in [0.1, 0.15) is 4.88 Å². The second-order valence-corrected chi connectivity index (χ2v) is 3.61. The van der Waals surface area contributed by atoms with Crippen LogP contribution in [0.15, 0.2) is 5.38 Å². The summed E-state index contributed by atoms with van der Waals surface area (Å²) in [5, 5.41) is 11.2. The molecule has 0 atom stereocenters. The molecule has 1 aromatic heterocycles. The van der Waals surface area contributed by atoms with Crippen molar-refractivity contribution < 1.29 is 9.90 Å². The van der Waals surface area contributed by atoms with E-state index in [9.17, 15) is 4.79 Å². The van der Waals surface area contributed by atoms with E-state index in [1.807, 2.05) is 12.3 Å². The number of carboxylic acids is 1. The molecular formula is C7H7BrO2S. The van der Waals surface area contributed by atoms with Crippen molar-refractivity contribution in [1.29, 1.82) is 0 Å². The summed E-state index contributed by atoms with van der Waals surface area (Å²) >= 11 is 4.53. The van der Waals surface area contributed by atoms with E-state index in [0.717, 1.165) is 11.1 Å². The standard InChI is InChI=1S/C7H7BrO2S/c1-4-3-11-6(7(9)10)5(4)2-8/h3H,2H2,1H3,(H,9,10). The van der Waals surface area contributed by atoms with Gasteiger partial charge in [-0.2, -0.15) is 0 Å². The number of rotatable bonds is 2. The Labute approximate surface area is 77.0 Å². The average molecular weight is 235 g/mol. The molecule has 0 fully saturated rings. The van der Waals surface area contributed by atoms with Crippen LogP contribution in [-0.4, -0.2) is 11.1 Å².